The van der Waals surface area contributed by atoms with Crippen LogP contribution in [0.15, 0.2) is 51.2 Å². The molecule has 1 atom stereocenters. The summed E-state index contributed by atoms with van der Waals surface area (Å²) in [7, 11) is 0. The lowest BCUT2D eigenvalue weighted by Crippen LogP contribution is -2.05. The second kappa shape index (κ2) is 5.62. The van der Waals surface area contributed by atoms with E-state index in [1.807, 2.05) is 25.1 Å². The van der Waals surface area contributed by atoms with Crippen molar-refractivity contribution in [3.05, 3.63) is 46.7 Å². The van der Waals surface area contributed by atoms with E-state index in [1.165, 1.54) is 11.8 Å². The third-order valence-electron chi connectivity index (χ3n) is 2.21. The Hall–Kier alpha value is -0.910. The van der Waals surface area contributed by atoms with Gasteiger partial charge in [0.25, 0.3) is 0 Å². The zero-order valence-corrected chi connectivity index (χ0v) is 11.7. The molecule has 2 rings (SSSR count). The molecule has 1 heterocycles. The predicted molar refractivity (Wildman–Crippen MR) is 72.9 cm³/mol. The number of rotatable bonds is 3. The van der Waals surface area contributed by atoms with Gasteiger partial charge in [-0.05, 0) is 42.4 Å². The van der Waals surface area contributed by atoms with Crippen molar-refractivity contribution in [3.63, 3.8) is 0 Å². The Labute approximate surface area is 113 Å². The van der Waals surface area contributed by atoms with E-state index in [0.29, 0.717) is 0 Å². The highest BCUT2D eigenvalue weighted by Crippen LogP contribution is 2.30. The monoisotopic (exact) mass is 309 g/mol. The molecule has 5 heteroatoms. The smallest absolute Gasteiger partial charge is 0.192 e. The van der Waals surface area contributed by atoms with Gasteiger partial charge in [0, 0.05) is 27.8 Å². The van der Waals surface area contributed by atoms with Crippen LogP contribution < -0.4 is 5.73 Å². The van der Waals surface area contributed by atoms with Crippen molar-refractivity contribution in [3.8, 4) is 0 Å². The van der Waals surface area contributed by atoms with Crippen LogP contribution in [0.25, 0.3) is 0 Å². The summed E-state index contributed by atoms with van der Waals surface area (Å²) in [4.78, 5) is 9.44. The highest BCUT2D eigenvalue weighted by atomic mass is 79.9. The van der Waals surface area contributed by atoms with Crippen molar-refractivity contribution in [1.29, 1.82) is 0 Å². The van der Waals surface area contributed by atoms with E-state index in [-0.39, 0.29) is 6.04 Å². The van der Waals surface area contributed by atoms with Crippen molar-refractivity contribution < 1.29 is 0 Å². The summed E-state index contributed by atoms with van der Waals surface area (Å²) in [5.74, 6) is 0. The maximum absolute atomic E-state index is 5.86. The third-order valence-corrected chi connectivity index (χ3v) is 3.78. The fourth-order valence-corrected chi connectivity index (χ4v) is 3.03. The Kier molecular flexibility index (Phi) is 4.15. The van der Waals surface area contributed by atoms with Crippen LogP contribution in [-0.2, 0) is 0 Å². The molecule has 0 amide bonds. The molecule has 0 fully saturated rings. The Bertz CT molecular complexity index is 502. The summed E-state index contributed by atoms with van der Waals surface area (Å²) in [6.45, 7) is 1.97. The maximum atomic E-state index is 5.86. The number of hydrogen-bond acceptors (Lipinski definition) is 4. The maximum Gasteiger partial charge on any atom is 0.192 e. The first kappa shape index (κ1) is 12.5. The van der Waals surface area contributed by atoms with E-state index in [9.17, 15) is 0 Å². The van der Waals surface area contributed by atoms with Crippen LogP contribution in [0.1, 0.15) is 18.5 Å². The Morgan fingerprint density at radius 1 is 1.29 bits per heavy atom. The summed E-state index contributed by atoms with van der Waals surface area (Å²) < 4.78 is 1.02. The number of hydrogen-bond donors (Lipinski definition) is 1. The molecule has 0 radical (unpaired) electrons. The topological polar surface area (TPSA) is 51.8 Å². The SMILES string of the molecule is CC(N)c1ccc(Sc2ncccn2)cc1Br. The minimum absolute atomic E-state index is 0.0244. The normalized spacial score (nSPS) is 12.4. The van der Waals surface area contributed by atoms with Crippen LogP contribution in [0, 0.1) is 0 Å². The summed E-state index contributed by atoms with van der Waals surface area (Å²) in [5.41, 5.74) is 6.96. The summed E-state index contributed by atoms with van der Waals surface area (Å²) in [6, 6.07) is 7.93. The molecule has 0 aliphatic heterocycles. The van der Waals surface area contributed by atoms with Crippen LogP contribution in [0.4, 0.5) is 0 Å². The molecule has 0 aliphatic rings. The molecule has 1 aromatic carbocycles. The van der Waals surface area contributed by atoms with Gasteiger partial charge in [-0.3, -0.25) is 0 Å². The third kappa shape index (κ3) is 3.28. The van der Waals surface area contributed by atoms with E-state index < -0.39 is 0 Å². The Morgan fingerprint density at radius 2 is 2.00 bits per heavy atom. The van der Waals surface area contributed by atoms with Crippen molar-refractivity contribution in [2.75, 3.05) is 0 Å². The van der Waals surface area contributed by atoms with Crippen LogP contribution in [0.2, 0.25) is 0 Å². The van der Waals surface area contributed by atoms with Crippen molar-refractivity contribution in [2.45, 2.75) is 23.0 Å². The lowest BCUT2D eigenvalue weighted by atomic mass is 10.1. The van der Waals surface area contributed by atoms with Crippen molar-refractivity contribution in [1.82, 2.24) is 9.97 Å². The minimum Gasteiger partial charge on any atom is -0.324 e. The average Bonchev–Trinajstić information content (AvgIpc) is 2.30. The number of nitrogens with two attached hydrogens (primary N) is 1. The number of halogens is 1. The lowest BCUT2D eigenvalue weighted by molar-refractivity contribution is 0.811. The van der Waals surface area contributed by atoms with Gasteiger partial charge in [0.15, 0.2) is 5.16 Å². The fraction of sp³-hybridized carbons (Fsp3) is 0.167. The summed E-state index contributed by atoms with van der Waals surface area (Å²) >= 11 is 5.06. The standard InChI is InChI=1S/C12H12BrN3S/c1-8(14)10-4-3-9(7-11(10)13)17-12-15-5-2-6-16-12/h2-8H,14H2,1H3. The van der Waals surface area contributed by atoms with Gasteiger partial charge in [-0.15, -0.1) is 0 Å². The molecule has 0 aliphatic carbocycles. The summed E-state index contributed by atoms with van der Waals surface area (Å²) in [5, 5.41) is 0.743. The van der Waals surface area contributed by atoms with Crippen molar-refractivity contribution >= 4 is 27.7 Å². The van der Waals surface area contributed by atoms with Crippen LogP contribution in [0.3, 0.4) is 0 Å². The number of aromatic nitrogens is 2. The zero-order valence-electron chi connectivity index (χ0n) is 9.30. The first-order valence-electron chi connectivity index (χ1n) is 5.16. The fourth-order valence-electron chi connectivity index (χ4n) is 1.38. The Morgan fingerprint density at radius 3 is 2.59 bits per heavy atom. The molecule has 2 N–H and O–H groups in total. The molecule has 3 nitrogen and oxygen atoms in total. The second-order valence-electron chi connectivity index (χ2n) is 3.61. The highest BCUT2D eigenvalue weighted by molar-refractivity contribution is 9.10. The lowest BCUT2D eigenvalue weighted by Gasteiger charge is -2.09. The van der Waals surface area contributed by atoms with Gasteiger partial charge in [0.05, 0.1) is 0 Å². The second-order valence-corrected chi connectivity index (χ2v) is 5.50. The van der Waals surface area contributed by atoms with Gasteiger partial charge in [-0.2, -0.15) is 0 Å². The van der Waals surface area contributed by atoms with Gasteiger partial charge in [0.1, 0.15) is 0 Å². The predicted octanol–water partition coefficient (Wildman–Crippen LogP) is 3.41. The van der Waals surface area contributed by atoms with Gasteiger partial charge in [-0.25, -0.2) is 9.97 Å². The van der Waals surface area contributed by atoms with Crippen LogP contribution in [-0.4, -0.2) is 9.97 Å². The molecule has 0 saturated heterocycles. The molecule has 88 valence electrons. The number of benzene rings is 1. The molecular formula is C12H12BrN3S. The largest absolute Gasteiger partial charge is 0.324 e. The number of nitrogens with zero attached hydrogens (tertiary/aromatic N) is 2. The van der Waals surface area contributed by atoms with Crippen LogP contribution in [0.5, 0.6) is 0 Å². The van der Waals surface area contributed by atoms with Crippen LogP contribution >= 0.6 is 27.7 Å². The van der Waals surface area contributed by atoms with E-state index in [4.69, 9.17) is 5.73 Å². The molecule has 2 aromatic rings. The zero-order chi connectivity index (χ0) is 12.3. The molecule has 0 saturated carbocycles. The molecule has 0 bridgehead atoms. The van der Waals surface area contributed by atoms with E-state index >= 15 is 0 Å². The first-order chi connectivity index (χ1) is 8.16. The molecule has 1 unspecified atom stereocenters. The average molecular weight is 310 g/mol. The van der Waals surface area contributed by atoms with Gasteiger partial charge < -0.3 is 5.73 Å². The highest BCUT2D eigenvalue weighted by Gasteiger charge is 2.07. The molecular weight excluding hydrogens is 298 g/mol. The summed E-state index contributed by atoms with van der Waals surface area (Å²) in [6.07, 6.45) is 3.47. The minimum atomic E-state index is 0.0244. The first-order valence-corrected chi connectivity index (χ1v) is 6.77. The van der Waals surface area contributed by atoms with E-state index in [0.717, 1.165) is 20.1 Å². The Balaban J connectivity index is 2.21. The van der Waals surface area contributed by atoms with E-state index in [2.05, 4.69) is 25.9 Å². The quantitative estimate of drug-likeness (QED) is 0.883. The van der Waals surface area contributed by atoms with Gasteiger partial charge >= 0.3 is 0 Å². The van der Waals surface area contributed by atoms with Gasteiger partial charge in [0.2, 0.25) is 0 Å². The van der Waals surface area contributed by atoms with Crippen molar-refractivity contribution in [2.24, 2.45) is 5.73 Å². The molecule has 0 spiro atoms. The molecule has 1 aromatic heterocycles. The van der Waals surface area contributed by atoms with Gasteiger partial charge in [-0.1, -0.05) is 22.0 Å². The molecule has 17 heavy (non-hydrogen) atoms. The van der Waals surface area contributed by atoms with E-state index in [1.54, 1.807) is 18.5 Å².